The van der Waals surface area contributed by atoms with E-state index in [1.807, 2.05) is 30.4 Å². The molecule has 0 radical (unpaired) electrons. The molecule has 1 atom stereocenters. The molecule has 2 aromatic rings. The summed E-state index contributed by atoms with van der Waals surface area (Å²) in [6.45, 7) is 5.76. The van der Waals surface area contributed by atoms with Gasteiger partial charge in [-0.05, 0) is 31.7 Å². The van der Waals surface area contributed by atoms with Crippen LogP contribution in [0.5, 0.6) is 0 Å². The summed E-state index contributed by atoms with van der Waals surface area (Å²) in [5.74, 6) is 1.05. The molecule has 0 spiro atoms. The number of hydrogen-bond acceptors (Lipinski definition) is 4. The van der Waals surface area contributed by atoms with Crippen molar-refractivity contribution in [2.45, 2.75) is 45.2 Å². The first-order valence-corrected chi connectivity index (χ1v) is 9.52. The highest BCUT2D eigenvalue weighted by Gasteiger charge is 2.32. The molecule has 4 rings (SSSR count). The molecule has 0 saturated heterocycles. The summed E-state index contributed by atoms with van der Waals surface area (Å²) in [5, 5.41) is 8.84. The zero-order valence-electron chi connectivity index (χ0n) is 15.6. The Hall–Kier alpha value is -2.15. The second-order valence-electron chi connectivity index (χ2n) is 7.48. The van der Waals surface area contributed by atoms with Crippen molar-refractivity contribution in [3.8, 4) is 0 Å². The van der Waals surface area contributed by atoms with Gasteiger partial charge in [0, 0.05) is 51.0 Å². The summed E-state index contributed by atoms with van der Waals surface area (Å²) in [7, 11) is 1.87. The van der Waals surface area contributed by atoms with E-state index in [0.717, 1.165) is 30.3 Å². The van der Waals surface area contributed by atoms with Crippen molar-refractivity contribution < 1.29 is 9.53 Å². The molecular formula is C19H27N5O2. The third kappa shape index (κ3) is 3.67. The molecule has 2 aromatic heterocycles. The molecule has 0 aromatic carbocycles. The van der Waals surface area contributed by atoms with Crippen LogP contribution in [0.1, 0.15) is 42.6 Å². The molecule has 0 bridgehead atoms. The lowest BCUT2D eigenvalue weighted by molar-refractivity contribution is -0.132. The molecule has 26 heavy (non-hydrogen) atoms. The number of aryl methyl sites for hydroxylation is 2. The molecule has 140 valence electrons. The fraction of sp³-hybridized carbons (Fsp3) is 0.632. The minimum atomic E-state index is 0.116. The second-order valence-corrected chi connectivity index (χ2v) is 7.48. The third-order valence-corrected chi connectivity index (χ3v) is 5.27. The Balaban J connectivity index is 1.47. The number of aromatic nitrogens is 4. The molecular weight excluding hydrogens is 330 g/mol. The van der Waals surface area contributed by atoms with Gasteiger partial charge in [-0.15, -0.1) is 0 Å². The van der Waals surface area contributed by atoms with Crippen LogP contribution >= 0.6 is 0 Å². The number of hydrogen-bond donors (Lipinski definition) is 0. The van der Waals surface area contributed by atoms with Gasteiger partial charge in [0.25, 0.3) is 0 Å². The van der Waals surface area contributed by atoms with E-state index in [0.29, 0.717) is 26.1 Å². The number of fused-ring (bicyclic) bond motifs is 1. The maximum atomic E-state index is 12.8. The van der Waals surface area contributed by atoms with Gasteiger partial charge in [-0.25, -0.2) is 0 Å². The fourth-order valence-corrected chi connectivity index (χ4v) is 3.71. The Morgan fingerprint density at radius 1 is 1.35 bits per heavy atom. The predicted molar refractivity (Wildman–Crippen MR) is 96.5 cm³/mol. The zero-order chi connectivity index (χ0) is 18.1. The molecule has 1 aliphatic heterocycles. The highest BCUT2D eigenvalue weighted by molar-refractivity contribution is 5.78. The van der Waals surface area contributed by atoms with Crippen molar-refractivity contribution in [2.75, 3.05) is 19.8 Å². The van der Waals surface area contributed by atoms with Gasteiger partial charge in [0.2, 0.25) is 5.91 Å². The van der Waals surface area contributed by atoms with Gasteiger partial charge in [0.1, 0.15) is 0 Å². The highest BCUT2D eigenvalue weighted by atomic mass is 16.5. The number of ether oxygens (including phenoxy) is 1. The van der Waals surface area contributed by atoms with Crippen molar-refractivity contribution in [1.29, 1.82) is 0 Å². The Morgan fingerprint density at radius 3 is 2.88 bits per heavy atom. The van der Waals surface area contributed by atoms with Crippen LogP contribution in [0.25, 0.3) is 0 Å². The Kier molecular flexibility index (Phi) is 4.80. The molecule has 0 N–H and O–H groups in total. The summed E-state index contributed by atoms with van der Waals surface area (Å²) < 4.78 is 9.77. The van der Waals surface area contributed by atoms with Crippen LogP contribution in [0.15, 0.2) is 18.5 Å². The van der Waals surface area contributed by atoms with Crippen molar-refractivity contribution >= 4 is 5.91 Å². The van der Waals surface area contributed by atoms with Crippen LogP contribution in [0.3, 0.4) is 0 Å². The zero-order valence-corrected chi connectivity index (χ0v) is 15.6. The summed E-state index contributed by atoms with van der Waals surface area (Å²) >= 11 is 0. The van der Waals surface area contributed by atoms with E-state index in [-0.39, 0.29) is 11.8 Å². The number of carbonyl (C=O) groups is 1. The van der Waals surface area contributed by atoms with Gasteiger partial charge < -0.3 is 9.64 Å². The number of rotatable bonds is 7. The number of nitrogens with zero attached hydrogens (tertiary/aromatic N) is 5. The quantitative estimate of drug-likeness (QED) is 0.757. The number of amides is 1. The molecule has 1 fully saturated rings. The average Bonchev–Trinajstić information content (AvgIpc) is 3.21. The molecule has 7 nitrogen and oxygen atoms in total. The second kappa shape index (κ2) is 7.23. The smallest absolute Gasteiger partial charge is 0.228 e. The number of carbonyl (C=O) groups excluding carboxylic acids is 1. The summed E-state index contributed by atoms with van der Waals surface area (Å²) in [6, 6.07) is 1.90. The fourth-order valence-electron chi connectivity index (χ4n) is 3.71. The molecule has 1 amide bonds. The van der Waals surface area contributed by atoms with E-state index in [1.165, 1.54) is 18.5 Å². The van der Waals surface area contributed by atoms with Crippen molar-refractivity contribution in [2.24, 2.45) is 13.0 Å². The van der Waals surface area contributed by atoms with Crippen LogP contribution in [0.4, 0.5) is 0 Å². The van der Waals surface area contributed by atoms with E-state index < -0.39 is 0 Å². The first-order chi connectivity index (χ1) is 12.6. The third-order valence-electron chi connectivity index (χ3n) is 5.27. The molecule has 2 aliphatic rings. The molecule has 7 heteroatoms. The van der Waals surface area contributed by atoms with E-state index >= 15 is 0 Å². The largest absolute Gasteiger partial charge is 0.380 e. The summed E-state index contributed by atoms with van der Waals surface area (Å²) in [5.41, 5.74) is 3.20. The first kappa shape index (κ1) is 17.3. The van der Waals surface area contributed by atoms with E-state index in [2.05, 4.69) is 21.8 Å². The summed E-state index contributed by atoms with van der Waals surface area (Å²) in [6.07, 6.45) is 6.70. The first-order valence-electron chi connectivity index (χ1n) is 9.52. The highest BCUT2D eigenvalue weighted by Crippen LogP contribution is 2.32. The SMILES string of the molecule is CCn1ncc2c1[C@@H](COCC1CC1)CN(C(=O)Cc1ccn(C)n1)C2. The maximum Gasteiger partial charge on any atom is 0.228 e. The van der Waals surface area contributed by atoms with Gasteiger partial charge in [-0.3, -0.25) is 14.2 Å². The van der Waals surface area contributed by atoms with E-state index in [9.17, 15) is 4.79 Å². The molecule has 1 aliphatic carbocycles. The van der Waals surface area contributed by atoms with Crippen LogP contribution in [-0.4, -0.2) is 50.1 Å². The Morgan fingerprint density at radius 2 is 2.19 bits per heavy atom. The average molecular weight is 357 g/mol. The van der Waals surface area contributed by atoms with E-state index in [4.69, 9.17) is 4.74 Å². The van der Waals surface area contributed by atoms with Crippen LogP contribution in [0.2, 0.25) is 0 Å². The van der Waals surface area contributed by atoms with Gasteiger partial charge in [-0.2, -0.15) is 10.2 Å². The Labute approximate surface area is 153 Å². The van der Waals surface area contributed by atoms with Gasteiger partial charge >= 0.3 is 0 Å². The Bertz CT molecular complexity index is 777. The normalized spacial score (nSPS) is 19.6. The topological polar surface area (TPSA) is 65.2 Å². The maximum absolute atomic E-state index is 12.8. The lowest BCUT2D eigenvalue weighted by Crippen LogP contribution is -2.41. The molecule has 3 heterocycles. The monoisotopic (exact) mass is 357 g/mol. The van der Waals surface area contributed by atoms with Crippen molar-refractivity contribution in [3.63, 3.8) is 0 Å². The van der Waals surface area contributed by atoms with Gasteiger partial charge in [0.15, 0.2) is 0 Å². The lowest BCUT2D eigenvalue weighted by Gasteiger charge is -2.33. The van der Waals surface area contributed by atoms with Crippen molar-refractivity contribution in [1.82, 2.24) is 24.5 Å². The van der Waals surface area contributed by atoms with Crippen LogP contribution in [-0.2, 0) is 36.1 Å². The lowest BCUT2D eigenvalue weighted by atomic mass is 9.96. The van der Waals surface area contributed by atoms with Gasteiger partial charge in [-0.1, -0.05) is 0 Å². The van der Waals surface area contributed by atoms with Crippen LogP contribution in [0, 0.1) is 5.92 Å². The van der Waals surface area contributed by atoms with E-state index in [1.54, 1.807) is 4.68 Å². The van der Waals surface area contributed by atoms with Crippen LogP contribution < -0.4 is 0 Å². The minimum Gasteiger partial charge on any atom is -0.380 e. The minimum absolute atomic E-state index is 0.116. The predicted octanol–water partition coefficient (Wildman–Crippen LogP) is 1.73. The van der Waals surface area contributed by atoms with Gasteiger partial charge in [0.05, 0.1) is 30.6 Å². The summed E-state index contributed by atoms with van der Waals surface area (Å²) in [4.78, 5) is 14.7. The standard InChI is InChI=1S/C19H27N5O2/c1-3-24-19-15(9-20-24)10-23(11-16(19)13-26-12-14-4-5-14)18(25)8-17-6-7-22(2)21-17/h6-7,9,14,16H,3-5,8,10-13H2,1-2H3/t16-/m1/s1. The molecule has 0 unspecified atom stereocenters. The van der Waals surface area contributed by atoms with Crippen molar-refractivity contribution in [3.05, 3.63) is 35.4 Å². The molecule has 1 saturated carbocycles.